The molecule has 0 saturated carbocycles. The molecule has 7 nitrogen and oxygen atoms in total. The van der Waals surface area contributed by atoms with Crippen molar-refractivity contribution in [3.8, 4) is 5.75 Å². The number of methoxy groups -OCH3 is 1. The van der Waals surface area contributed by atoms with Crippen LogP contribution in [0.2, 0.25) is 0 Å². The molecule has 0 bridgehead atoms. The second-order valence-corrected chi connectivity index (χ2v) is 7.37. The van der Waals surface area contributed by atoms with Crippen molar-refractivity contribution in [3.05, 3.63) is 47.5 Å². The number of anilines is 1. The highest BCUT2D eigenvalue weighted by Gasteiger charge is 2.13. The molecule has 2 heterocycles. The second kappa shape index (κ2) is 7.47. The van der Waals surface area contributed by atoms with E-state index in [4.69, 9.17) is 4.74 Å². The third-order valence-electron chi connectivity index (χ3n) is 4.48. The van der Waals surface area contributed by atoms with Crippen molar-refractivity contribution in [2.75, 3.05) is 18.2 Å². The summed E-state index contributed by atoms with van der Waals surface area (Å²) in [6.07, 6.45) is 0. The van der Waals surface area contributed by atoms with E-state index in [-0.39, 0.29) is 11.7 Å². The highest BCUT2D eigenvalue weighted by atomic mass is 32.2. The quantitative estimate of drug-likeness (QED) is 0.500. The summed E-state index contributed by atoms with van der Waals surface area (Å²) in [6, 6.07) is 11.6. The Bertz CT molecular complexity index is 1170. The summed E-state index contributed by atoms with van der Waals surface area (Å²) in [5.74, 6) is 0.846. The van der Waals surface area contributed by atoms with E-state index in [0.29, 0.717) is 16.3 Å². The molecule has 2 aromatic carbocycles. The third-order valence-corrected chi connectivity index (χ3v) is 5.32. The number of thioether (sulfide) groups is 1. The van der Waals surface area contributed by atoms with Gasteiger partial charge in [0.05, 0.1) is 12.9 Å². The van der Waals surface area contributed by atoms with Gasteiger partial charge in [-0.05, 0) is 43.2 Å². The Kier molecular flexibility index (Phi) is 4.87. The first-order valence-electron chi connectivity index (χ1n) is 8.74. The maximum Gasteiger partial charge on any atom is 0.234 e. The minimum atomic E-state index is -0.104. The van der Waals surface area contributed by atoms with E-state index in [1.54, 1.807) is 7.11 Å². The zero-order valence-corrected chi connectivity index (χ0v) is 16.6. The number of para-hydroxylation sites is 1. The van der Waals surface area contributed by atoms with Crippen molar-refractivity contribution in [2.45, 2.75) is 19.0 Å². The summed E-state index contributed by atoms with van der Waals surface area (Å²) >= 11 is 1.25. The molecule has 0 spiro atoms. The van der Waals surface area contributed by atoms with Gasteiger partial charge in [0.15, 0.2) is 5.65 Å². The minimum absolute atomic E-state index is 0.104. The molecule has 2 N–H and O–H groups in total. The second-order valence-electron chi connectivity index (χ2n) is 6.43. The van der Waals surface area contributed by atoms with Crippen LogP contribution in [0.4, 0.5) is 5.69 Å². The number of ether oxygens (including phenoxy) is 1. The highest BCUT2D eigenvalue weighted by molar-refractivity contribution is 7.99. The number of rotatable bonds is 5. The fourth-order valence-electron chi connectivity index (χ4n) is 3.04. The first kappa shape index (κ1) is 18.2. The van der Waals surface area contributed by atoms with Gasteiger partial charge in [0.25, 0.3) is 0 Å². The lowest BCUT2D eigenvalue weighted by atomic mass is 10.1. The van der Waals surface area contributed by atoms with E-state index in [0.717, 1.165) is 33.5 Å². The zero-order chi connectivity index (χ0) is 19.7. The van der Waals surface area contributed by atoms with Crippen LogP contribution >= 0.6 is 11.8 Å². The predicted molar refractivity (Wildman–Crippen MR) is 111 cm³/mol. The Morgan fingerprint density at radius 3 is 2.71 bits per heavy atom. The number of fused-ring (bicyclic) bond motifs is 3. The van der Waals surface area contributed by atoms with Gasteiger partial charge in [-0.25, -0.2) is 4.98 Å². The molecule has 0 atom stereocenters. The number of hydrogen-bond donors (Lipinski definition) is 2. The molecular formula is C20H19N5O2S. The Morgan fingerprint density at radius 2 is 1.96 bits per heavy atom. The average Bonchev–Trinajstić information content (AvgIpc) is 3.06. The van der Waals surface area contributed by atoms with E-state index in [9.17, 15) is 4.79 Å². The Labute approximate surface area is 165 Å². The van der Waals surface area contributed by atoms with Crippen LogP contribution < -0.4 is 10.1 Å². The topological polar surface area (TPSA) is 92.8 Å². The maximum atomic E-state index is 12.3. The van der Waals surface area contributed by atoms with Crippen LogP contribution in [-0.4, -0.2) is 38.9 Å². The molecule has 4 aromatic rings. The predicted octanol–water partition coefficient (Wildman–Crippen LogP) is 3.86. The van der Waals surface area contributed by atoms with Crippen LogP contribution in [0.15, 0.2) is 41.6 Å². The number of carbonyl (C=O) groups excluding carboxylic acids is 1. The van der Waals surface area contributed by atoms with Gasteiger partial charge in [-0.1, -0.05) is 30.0 Å². The smallest absolute Gasteiger partial charge is 0.234 e. The van der Waals surface area contributed by atoms with Crippen molar-refractivity contribution in [1.82, 2.24) is 20.2 Å². The summed E-state index contributed by atoms with van der Waals surface area (Å²) in [5, 5.41) is 12.8. The van der Waals surface area contributed by atoms with Crippen molar-refractivity contribution in [3.63, 3.8) is 0 Å². The number of amides is 1. The lowest BCUT2D eigenvalue weighted by Crippen LogP contribution is -2.16. The van der Waals surface area contributed by atoms with Crippen LogP contribution in [-0.2, 0) is 4.79 Å². The van der Waals surface area contributed by atoms with Crippen LogP contribution in [0.1, 0.15) is 11.1 Å². The van der Waals surface area contributed by atoms with Gasteiger partial charge in [-0.2, -0.15) is 0 Å². The normalized spacial score (nSPS) is 11.1. The molecule has 142 valence electrons. The lowest BCUT2D eigenvalue weighted by Gasteiger charge is -2.10. The fraction of sp³-hybridized carbons (Fsp3) is 0.200. The van der Waals surface area contributed by atoms with Gasteiger partial charge in [-0.3, -0.25) is 4.79 Å². The molecule has 0 aliphatic rings. The SMILES string of the molecule is COc1ccc2[nH]c3nc(SCC(=O)Nc4c(C)cccc4C)nnc3c2c1. The molecule has 0 aliphatic heterocycles. The summed E-state index contributed by atoms with van der Waals surface area (Å²) in [7, 11) is 1.62. The number of nitrogens with zero attached hydrogens (tertiary/aromatic N) is 3. The molecule has 28 heavy (non-hydrogen) atoms. The van der Waals surface area contributed by atoms with Crippen LogP contribution in [0.25, 0.3) is 22.1 Å². The molecule has 2 aromatic heterocycles. The van der Waals surface area contributed by atoms with Crippen LogP contribution in [0, 0.1) is 13.8 Å². The monoisotopic (exact) mass is 393 g/mol. The fourth-order valence-corrected chi connectivity index (χ4v) is 3.63. The maximum absolute atomic E-state index is 12.3. The van der Waals surface area contributed by atoms with E-state index in [2.05, 4.69) is 25.5 Å². The Hall–Kier alpha value is -3.13. The van der Waals surface area contributed by atoms with E-state index in [1.807, 2.05) is 50.2 Å². The van der Waals surface area contributed by atoms with Crippen LogP contribution in [0.3, 0.4) is 0 Å². The molecule has 0 unspecified atom stereocenters. The number of aromatic amines is 1. The van der Waals surface area contributed by atoms with Crippen LogP contribution in [0.5, 0.6) is 5.75 Å². The molecule has 4 rings (SSSR count). The first-order chi connectivity index (χ1) is 13.5. The average molecular weight is 393 g/mol. The van der Waals surface area contributed by atoms with E-state index >= 15 is 0 Å². The standard InChI is InChI=1S/C20H19N5O2S/c1-11-5-4-6-12(2)17(11)22-16(26)10-28-20-23-19-18(24-25-20)14-9-13(27-3)7-8-15(14)21-19/h4-9H,10H2,1-3H3,(H,22,26)(H,21,23,25). The molecular weight excluding hydrogens is 374 g/mol. The van der Waals surface area contributed by atoms with Gasteiger partial charge < -0.3 is 15.0 Å². The summed E-state index contributed by atoms with van der Waals surface area (Å²) < 4.78 is 5.26. The summed E-state index contributed by atoms with van der Waals surface area (Å²) in [5.41, 5.74) is 5.14. The number of benzene rings is 2. The number of aryl methyl sites for hydroxylation is 2. The molecule has 1 amide bonds. The number of hydrogen-bond acceptors (Lipinski definition) is 6. The van der Waals surface area contributed by atoms with Crippen molar-refractivity contribution >= 4 is 45.4 Å². The highest BCUT2D eigenvalue weighted by Crippen LogP contribution is 2.27. The molecule has 0 radical (unpaired) electrons. The van der Waals surface area contributed by atoms with Gasteiger partial charge in [0.2, 0.25) is 11.1 Å². The minimum Gasteiger partial charge on any atom is -0.497 e. The van der Waals surface area contributed by atoms with E-state index < -0.39 is 0 Å². The largest absolute Gasteiger partial charge is 0.497 e. The van der Waals surface area contributed by atoms with Crippen molar-refractivity contribution in [2.24, 2.45) is 0 Å². The van der Waals surface area contributed by atoms with Crippen molar-refractivity contribution < 1.29 is 9.53 Å². The number of H-pyrrole nitrogens is 1. The van der Waals surface area contributed by atoms with Crippen molar-refractivity contribution in [1.29, 1.82) is 0 Å². The molecule has 0 saturated heterocycles. The number of aromatic nitrogens is 4. The van der Waals surface area contributed by atoms with E-state index in [1.165, 1.54) is 11.8 Å². The van der Waals surface area contributed by atoms with Gasteiger partial charge >= 0.3 is 0 Å². The Balaban J connectivity index is 1.50. The molecule has 8 heteroatoms. The molecule has 0 fully saturated rings. The number of carbonyl (C=O) groups is 1. The van der Waals surface area contributed by atoms with Gasteiger partial charge in [0, 0.05) is 16.6 Å². The first-order valence-corrected chi connectivity index (χ1v) is 9.72. The molecule has 0 aliphatic carbocycles. The third kappa shape index (κ3) is 3.50. The number of nitrogens with one attached hydrogen (secondary N) is 2. The lowest BCUT2D eigenvalue weighted by molar-refractivity contribution is -0.113. The summed E-state index contributed by atoms with van der Waals surface area (Å²) in [4.78, 5) is 20.1. The Morgan fingerprint density at radius 1 is 1.18 bits per heavy atom. The van der Waals surface area contributed by atoms with Gasteiger partial charge in [-0.15, -0.1) is 10.2 Å². The van der Waals surface area contributed by atoms with Gasteiger partial charge in [0.1, 0.15) is 11.3 Å². The zero-order valence-electron chi connectivity index (χ0n) is 15.7. The summed E-state index contributed by atoms with van der Waals surface area (Å²) in [6.45, 7) is 3.95.